The topological polar surface area (TPSA) is 32.7 Å². The molecule has 0 saturated carbocycles. The average Bonchev–Trinajstić information content (AvgIpc) is 2.67. The lowest BCUT2D eigenvalue weighted by molar-refractivity contribution is 0.0609. The molecule has 1 fully saturated rings. The molecule has 1 heterocycles. The highest BCUT2D eigenvalue weighted by atomic mass is 16.5. The predicted molar refractivity (Wildman–Crippen MR) is 84.7 cm³/mol. The monoisotopic (exact) mass is 289 g/mol. The van der Waals surface area contributed by atoms with Crippen molar-refractivity contribution in [2.45, 2.75) is 51.7 Å². The number of rotatable bonds is 2. The standard InChI is InChI=1S/C18H27NO2/c1-18(2)7-4-9-19(10-8-18)16-11-13-5-6-14(21-3)12-15(13)17(16)20/h5-6,12,16-17,20H,4,7-11H2,1-3H3. The maximum Gasteiger partial charge on any atom is 0.119 e. The van der Waals surface area contributed by atoms with Crippen molar-refractivity contribution in [3.05, 3.63) is 29.3 Å². The van der Waals surface area contributed by atoms with E-state index in [0.717, 1.165) is 30.8 Å². The summed E-state index contributed by atoms with van der Waals surface area (Å²) in [5.41, 5.74) is 2.77. The van der Waals surface area contributed by atoms with E-state index in [1.165, 1.54) is 24.8 Å². The third-order valence-electron chi connectivity index (χ3n) is 5.31. The molecule has 1 N–H and O–H groups in total. The summed E-state index contributed by atoms with van der Waals surface area (Å²) in [4.78, 5) is 2.51. The van der Waals surface area contributed by atoms with Gasteiger partial charge >= 0.3 is 0 Å². The first-order chi connectivity index (χ1) is 10.00. The summed E-state index contributed by atoms with van der Waals surface area (Å²) in [7, 11) is 1.68. The van der Waals surface area contributed by atoms with Gasteiger partial charge in [0, 0.05) is 6.04 Å². The first kappa shape index (κ1) is 14.9. The van der Waals surface area contributed by atoms with E-state index in [4.69, 9.17) is 4.74 Å². The second kappa shape index (κ2) is 5.62. The largest absolute Gasteiger partial charge is 0.497 e. The van der Waals surface area contributed by atoms with E-state index in [-0.39, 0.29) is 12.1 Å². The zero-order chi connectivity index (χ0) is 15.0. The normalized spacial score (nSPS) is 29.0. The number of methoxy groups -OCH3 is 1. The molecule has 0 bridgehead atoms. The van der Waals surface area contributed by atoms with Gasteiger partial charge in [0.05, 0.1) is 13.2 Å². The van der Waals surface area contributed by atoms with Crippen LogP contribution in [0.5, 0.6) is 5.75 Å². The second-order valence-corrected chi connectivity index (χ2v) is 7.33. The van der Waals surface area contributed by atoms with E-state index in [1.807, 2.05) is 12.1 Å². The number of aliphatic hydroxyl groups is 1. The molecular weight excluding hydrogens is 262 g/mol. The third-order valence-corrected chi connectivity index (χ3v) is 5.31. The van der Waals surface area contributed by atoms with Crippen LogP contribution in [0.1, 0.15) is 50.3 Å². The fraction of sp³-hybridized carbons (Fsp3) is 0.667. The Labute approximate surface area is 127 Å². The van der Waals surface area contributed by atoms with Crippen LogP contribution >= 0.6 is 0 Å². The van der Waals surface area contributed by atoms with Crippen LogP contribution in [0.4, 0.5) is 0 Å². The molecule has 0 aromatic heterocycles. The number of hydrogen-bond acceptors (Lipinski definition) is 3. The van der Waals surface area contributed by atoms with Gasteiger partial charge in [-0.15, -0.1) is 0 Å². The van der Waals surface area contributed by atoms with Crippen LogP contribution < -0.4 is 4.74 Å². The van der Waals surface area contributed by atoms with Gasteiger partial charge in [-0.2, -0.15) is 0 Å². The molecule has 3 heteroatoms. The lowest BCUT2D eigenvalue weighted by atomic mass is 9.85. The van der Waals surface area contributed by atoms with Crippen LogP contribution in [-0.2, 0) is 6.42 Å². The molecule has 1 aromatic rings. The molecule has 0 amide bonds. The predicted octanol–water partition coefficient (Wildman–Crippen LogP) is 3.17. The maximum atomic E-state index is 10.7. The van der Waals surface area contributed by atoms with Crippen LogP contribution in [0.3, 0.4) is 0 Å². The number of hydrogen-bond donors (Lipinski definition) is 1. The van der Waals surface area contributed by atoms with Crippen molar-refractivity contribution in [3.63, 3.8) is 0 Å². The van der Waals surface area contributed by atoms with E-state index in [1.54, 1.807) is 7.11 Å². The number of likely N-dealkylation sites (tertiary alicyclic amines) is 1. The number of ether oxygens (including phenoxy) is 1. The van der Waals surface area contributed by atoms with E-state index >= 15 is 0 Å². The highest BCUT2D eigenvalue weighted by Crippen LogP contribution is 2.39. The van der Waals surface area contributed by atoms with Crippen molar-refractivity contribution in [1.29, 1.82) is 0 Å². The summed E-state index contributed by atoms with van der Waals surface area (Å²) in [6.45, 7) is 6.93. The number of fused-ring (bicyclic) bond motifs is 1. The minimum atomic E-state index is -0.378. The van der Waals surface area contributed by atoms with E-state index in [0.29, 0.717) is 5.41 Å². The highest BCUT2D eigenvalue weighted by Gasteiger charge is 2.36. The van der Waals surface area contributed by atoms with Crippen molar-refractivity contribution in [2.75, 3.05) is 20.2 Å². The zero-order valence-corrected chi connectivity index (χ0v) is 13.4. The smallest absolute Gasteiger partial charge is 0.119 e. The quantitative estimate of drug-likeness (QED) is 0.907. The van der Waals surface area contributed by atoms with Gasteiger partial charge in [0.1, 0.15) is 5.75 Å². The Morgan fingerprint density at radius 3 is 2.81 bits per heavy atom. The number of benzene rings is 1. The molecule has 0 radical (unpaired) electrons. The van der Waals surface area contributed by atoms with Crippen LogP contribution in [0.25, 0.3) is 0 Å². The minimum absolute atomic E-state index is 0.237. The Balaban J connectivity index is 1.76. The fourth-order valence-corrected chi connectivity index (χ4v) is 3.81. The summed E-state index contributed by atoms with van der Waals surface area (Å²) < 4.78 is 5.29. The molecule has 3 nitrogen and oxygen atoms in total. The van der Waals surface area contributed by atoms with Crippen molar-refractivity contribution in [2.24, 2.45) is 5.41 Å². The van der Waals surface area contributed by atoms with Gasteiger partial charge in [0.2, 0.25) is 0 Å². The molecule has 1 aliphatic heterocycles. The Morgan fingerprint density at radius 1 is 1.24 bits per heavy atom. The first-order valence-electron chi connectivity index (χ1n) is 8.09. The van der Waals surface area contributed by atoms with Gasteiger partial charge in [-0.05, 0) is 67.4 Å². The summed E-state index contributed by atoms with van der Waals surface area (Å²) in [6.07, 6.45) is 4.32. The average molecular weight is 289 g/mol. The molecule has 21 heavy (non-hydrogen) atoms. The van der Waals surface area contributed by atoms with Crippen molar-refractivity contribution < 1.29 is 9.84 Å². The van der Waals surface area contributed by atoms with Crippen molar-refractivity contribution >= 4 is 0 Å². The molecule has 0 spiro atoms. The Hall–Kier alpha value is -1.06. The molecule has 1 aromatic carbocycles. The lowest BCUT2D eigenvalue weighted by Crippen LogP contribution is -2.39. The maximum absolute atomic E-state index is 10.7. The van der Waals surface area contributed by atoms with E-state index < -0.39 is 0 Å². The summed E-state index contributed by atoms with van der Waals surface area (Å²) in [6, 6.07) is 6.35. The Kier molecular flexibility index (Phi) is 3.98. The molecule has 1 aliphatic carbocycles. The zero-order valence-electron chi connectivity index (χ0n) is 13.4. The van der Waals surface area contributed by atoms with Crippen LogP contribution in [0.2, 0.25) is 0 Å². The second-order valence-electron chi connectivity index (χ2n) is 7.33. The van der Waals surface area contributed by atoms with Crippen molar-refractivity contribution in [3.8, 4) is 5.75 Å². The fourth-order valence-electron chi connectivity index (χ4n) is 3.81. The van der Waals surface area contributed by atoms with E-state index in [9.17, 15) is 5.11 Å². The van der Waals surface area contributed by atoms with Gasteiger partial charge in [-0.3, -0.25) is 4.90 Å². The Bertz CT molecular complexity index is 512. The number of nitrogens with zero attached hydrogens (tertiary/aromatic N) is 1. The SMILES string of the molecule is COc1ccc2c(c1)C(O)C(N1CCCC(C)(C)CC1)C2. The Morgan fingerprint density at radius 2 is 2.05 bits per heavy atom. The summed E-state index contributed by atoms with van der Waals surface area (Å²) in [5.74, 6) is 0.838. The van der Waals surface area contributed by atoms with E-state index in [2.05, 4.69) is 24.8 Å². The highest BCUT2D eigenvalue weighted by molar-refractivity contribution is 5.41. The van der Waals surface area contributed by atoms with Gasteiger partial charge in [-0.25, -0.2) is 0 Å². The molecule has 1 saturated heterocycles. The third kappa shape index (κ3) is 2.95. The van der Waals surface area contributed by atoms with Gasteiger partial charge in [0.15, 0.2) is 0 Å². The van der Waals surface area contributed by atoms with Gasteiger partial charge < -0.3 is 9.84 Å². The van der Waals surface area contributed by atoms with Crippen LogP contribution in [-0.4, -0.2) is 36.2 Å². The summed E-state index contributed by atoms with van der Waals surface area (Å²) >= 11 is 0. The minimum Gasteiger partial charge on any atom is -0.497 e. The van der Waals surface area contributed by atoms with Crippen molar-refractivity contribution in [1.82, 2.24) is 4.90 Å². The first-order valence-corrected chi connectivity index (χ1v) is 8.09. The molecule has 2 unspecified atom stereocenters. The van der Waals surface area contributed by atoms with Crippen LogP contribution in [0.15, 0.2) is 18.2 Å². The van der Waals surface area contributed by atoms with Gasteiger partial charge in [-0.1, -0.05) is 19.9 Å². The van der Waals surface area contributed by atoms with Gasteiger partial charge in [0.25, 0.3) is 0 Å². The molecular formula is C18H27NO2. The molecule has 3 rings (SSSR count). The summed E-state index contributed by atoms with van der Waals surface area (Å²) in [5, 5.41) is 10.7. The molecule has 2 atom stereocenters. The lowest BCUT2D eigenvalue weighted by Gasteiger charge is -2.30. The number of aliphatic hydroxyl groups excluding tert-OH is 1. The molecule has 116 valence electrons. The van der Waals surface area contributed by atoms with Crippen LogP contribution in [0, 0.1) is 5.41 Å². The molecule has 2 aliphatic rings.